The maximum Gasteiger partial charge on any atom is 0.333 e. The number of hydrogen-bond acceptors (Lipinski definition) is 5. The molecule has 106 valence electrons. The Kier molecular flexibility index (Phi) is 3.76. The third kappa shape index (κ3) is 3.80. The second-order valence-corrected chi connectivity index (χ2v) is 6.23. The number of fused-ring (bicyclic) bond motifs is 1. The normalized spacial score (nSPS) is 21.6. The van der Waals surface area contributed by atoms with Crippen LogP contribution >= 0.6 is 11.6 Å². The third-order valence-corrected chi connectivity index (χ3v) is 3.18. The Bertz CT molecular complexity index is 587. The minimum atomic E-state index is -4.03. The molecule has 1 aliphatic rings. The summed E-state index contributed by atoms with van der Waals surface area (Å²) >= 11 is 5.91. The van der Waals surface area contributed by atoms with E-state index in [1.54, 1.807) is 32.0 Å². The molecule has 1 heterocycles. The van der Waals surface area contributed by atoms with Gasteiger partial charge in [0.25, 0.3) is 0 Å². The van der Waals surface area contributed by atoms with Crippen LogP contribution in [-0.2, 0) is 19.2 Å². The van der Waals surface area contributed by atoms with Crippen molar-refractivity contribution in [3.05, 3.63) is 28.8 Å². The lowest BCUT2D eigenvalue weighted by atomic mass is 10.1. The molecule has 0 aromatic heterocycles. The van der Waals surface area contributed by atoms with Gasteiger partial charge in [0, 0.05) is 24.4 Å². The predicted octanol–water partition coefficient (Wildman–Crippen LogP) is 1.75. The van der Waals surface area contributed by atoms with Gasteiger partial charge in [0.1, 0.15) is 11.9 Å². The number of hydrogen-bond donors (Lipinski definition) is 1. The van der Waals surface area contributed by atoms with Crippen molar-refractivity contribution in [1.82, 2.24) is 0 Å². The first-order valence-corrected chi connectivity index (χ1v) is 7.35. The zero-order valence-corrected chi connectivity index (χ0v) is 12.0. The number of ether oxygens (including phenoxy) is 2. The first-order valence-electron chi connectivity index (χ1n) is 5.50. The maximum absolute atomic E-state index is 10.9. The Morgan fingerprint density at radius 3 is 2.79 bits per heavy atom. The van der Waals surface area contributed by atoms with Crippen LogP contribution in [0, 0.1) is 0 Å². The molecule has 0 bridgehead atoms. The molecule has 1 atom stereocenters. The van der Waals surface area contributed by atoms with Crippen LogP contribution < -0.4 is 9.88 Å². The Labute approximate surface area is 116 Å². The van der Waals surface area contributed by atoms with Gasteiger partial charge >= 0.3 is 10.3 Å². The number of nitrogens with two attached hydrogens (primary N) is 1. The molecule has 0 amide bonds. The lowest BCUT2D eigenvalue weighted by Gasteiger charge is -2.37. The van der Waals surface area contributed by atoms with E-state index in [2.05, 4.69) is 4.18 Å². The summed E-state index contributed by atoms with van der Waals surface area (Å²) < 4.78 is 37.5. The fourth-order valence-corrected chi connectivity index (χ4v) is 2.33. The summed E-state index contributed by atoms with van der Waals surface area (Å²) in [6.07, 6.45) is -0.629. The average Bonchev–Trinajstić information content (AvgIpc) is 2.25. The van der Waals surface area contributed by atoms with Gasteiger partial charge in [-0.15, -0.1) is 0 Å². The molecule has 0 fully saturated rings. The summed E-state index contributed by atoms with van der Waals surface area (Å²) in [7, 11) is -4.03. The molecule has 0 aliphatic carbocycles. The number of benzene rings is 1. The first kappa shape index (κ1) is 14.5. The lowest BCUT2D eigenvalue weighted by Crippen LogP contribution is -2.39. The molecule has 2 N–H and O–H groups in total. The van der Waals surface area contributed by atoms with E-state index in [1.807, 2.05) is 0 Å². The highest BCUT2D eigenvalue weighted by molar-refractivity contribution is 7.84. The van der Waals surface area contributed by atoms with Crippen LogP contribution in [-0.4, -0.2) is 20.8 Å². The summed E-state index contributed by atoms with van der Waals surface area (Å²) in [6, 6.07) is 5.02. The average molecular weight is 308 g/mol. The quantitative estimate of drug-likeness (QED) is 0.919. The largest absolute Gasteiger partial charge is 0.463 e. The SMILES string of the molecule is CC1(C)Oc2ccc(Cl)cc2C(COS(N)(=O)=O)O1. The van der Waals surface area contributed by atoms with E-state index in [0.717, 1.165) is 0 Å². The van der Waals surface area contributed by atoms with Crippen LogP contribution in [0.2, 0.25) is 5.02 Å². The van der Waals surface area contributed by atoms with Crippen molar-refractivity contribution in [3.63, 3.8) is 0 Å². The molecule has 8 heteroatoms. The van der Waals surface area contributed by atoms with Gasteiger partial charge in [-0.2, -0.15) is 8.42 Å². The van der Waals surface area contributed by atoms with E-state index >= 15 is 0 Å². The van der Waals surface area contributed by atoms with Crippen molar-refractivity contribution < 1.29 is 22.1 Å². The van der Waals surface area contributed by atoms with Gasteiger partial charge in [-0.25, -0.2) is 5.14 Å². The monoisotopic (exact) mass is 307 g/mol. The Morgan fingerprint density at radius 2 is 2.16 bits per heavy atom. The minimum Gasteiger partial charge on any atom is -0.463 e. The summed E-state index contributed by atoms with van der Waals surface area (Å²) in [6.45, 7) is 3.20. The van der Waals surface area contributed by atoms with Crippen LogP contribution in [0.15, 0.2) is 18.2 Å². The highest BCUT2D eigenvalue weighted by atomic mass is 35.5. The summed E-state index contributed by atoms with van der Waals surface area (Å²) in [5.41, 5.74) is 0.621. The fourth-order valence-electron chi connectivity index (χ4n) is 1.84. The zero-order valence-electron chi connectivity index (χ0n) is 10.4. The maximum atomic E-state index is 10.9. The van der Waals surface area contributed by atoms with Gasteiger partial charge in [0.2, 0.25) is 5.79 Å². The van der Waals surface area contributed by atoms with Crippen molar-refractivity contribution in [2.45, 2.75) is 25.7 Å². The van der Waals surface area contributed by atoms with Crippen molar-refractivity contribution >= 4 is 21.9 Å². The lowest BCUT2D eigenvalue weighted by molar-refractivity contribution is -0.212. The summed E-state index contributed by atoms with van der Waals surface area (Å²) in [4.78, 5) is 0. The van der Waals surface area contributed by atoms with Gasteiger partial charge in [0.05, 0.1) is 6.61 Å². The van der Waals surface area contributed by atoms with Crippen LogP contribution in [0.4, 0.5) is 0 Å². The molecule has 0 saturated carbocycles. The van der Waals surface area contributed by atoms with E-state index in [9.17, 15) is 8.42 Å². The second kappa shape index (κ2) is 4.92. The predicted molar refractivity (Wildman–Crippen MR) is 69.0 cm³/mol. The van der Waals surface area contributed by atoms with Crippen LogP contribution in [0.1, 0.15) is 25.5 Å². The van der Waals surface area contributed by atoms with Crippen molar-refractivity contribution in [1.29, 1.82) is 0 Å². The Morgan fingerprint density at radius 1 is 1.47 bits per heavy atom. The van der Waals surface area contributed by atoms with Crippen LogP contribution in [0.5, 0.6) is 5.75 Å². The molecular weight excluding hydrogens is 294 g/mol. The van der Waals surface area contributed by atoms with E-state index in [1.165, 1.54) is 0 Å². The zero-order chi connectivity index (χ0) is 14.3. The van der Waals surface area contributed by atoms with E-state index in [4.69, 9.17) is 26.2 Å². The molecule has 1 aromatic carbocycles. The second-order valence-electron chi connectivity index (χ2n) is 4.57. The molecule has 2 rings (SSSR count). The molecule has 1 unspecified atom stereocenters. The van der Waals surface area contributed by atoms with Gasteiger partial charge in [-0.05, 0) is 18.2 Å². The topological polar surface area (TPSA) is 87.9 Å². The van der Waals surface area contributed by atoms with E-state index in [-0.39, 0.29) is 6.61 Å². The van der Waals surface area contributed by atoms with Crippen LogP contribution in [0.25, 0.3) is 0 Å². The van der Waals surface area contributed by atoms with Crippen molar-refractivity contribution in [2.75, 3.05) is 6.61 Å². The minimum absolute atomic E-state index is 0.237. The molecule has 0 saturated heterocycles. The summed E-state index contributed by atoms with van der Waals surface area (Å²) in [5.74, 6) is -0.323. The highest BCUT2D eigenvalue weighted by Crippen LogP contribution is 2.40. The molecule has 1 aromatic rings. The Balaban J connectivity index is 2.30. The molecule has 6 nitrogen and oxygen atoms in total. The molecule has 1 aliphatic heterocycles. The molecule has 0 spiro atoms. The van der Waals surface area contributed by atoms with Gasteiger partial charge in [0.15, 0.2) is 0 Å². The highest BCUT2D eigenvalue weighted by Gasteiger charge is 2.35. The van der Waals surface area contributed by atoms with Gasteiger partial charge in [-0.3, -0.25) is 4.18 Å². The van der Waals surface area contributed by atoms with E-state index in [0.29, 0.717) is 16.3 Å². The Hall–Kier alpha value is -0.860. The van der Waals surface area contributed by atoms with Crippen molar-refractivity contribution in [2.24, 2.45) is 5.14 Å². The van der Waals surface area contributed by atoms with Gasteiger partial charge < -0.3 is 9.47 Å². The number of halogens is 1. The summed E-state index contributed by atoms with van der Waals surface area (Å²) in [5, 5.41) is 5.30. The standard InChI is InChI=1S/C11H14ClNO5S/c1-11(2)17-9-4-3-7(12)5-8(9)10(18-11)6-16-19(13,14)15/h3-5,10H,6H2,1-2H3,(H2,13,14,15). The van der Waals surface area contributed by atoms with Crippen LogP contribution in [0.3, 0.4) is 0 Å². The molecule has 0 radical (unpaired) electrons. The van der Waals surface area contributed by atoms with E-state index < -0.39 is 22.2 Å². The fraction of sp³-hybridized carbons (Fsp3) is 0.455. The first-order chi connectivity index (χ1) is 8.66. The smallest absolute Gasteiger partial charge is 0.333 e. The third-order valence-electron chi connectivity index (χ3n) is 2.48. The van der Waals surface area contributed by atoms with Gasteiger partial charge in [-0.1, -0.05) is 11.6 Å². The van der Waals surface area contributed by atoms with Crippen molar-refractivity contribution in [3.8, 4) is 5.75 Å². The number of rotatable bonds is 3. The molecule has 19 heavy (non-hydrogen) atoms. The molecular formula is C11H14ClNO5S.